The molecule has 0 spiro atoms. The first-order chi connectivity index (χ1) is 12.0. The summed E-state index contributed by atoms with van der Waals surface area (Å²) in [7, 11) is 0.312. The molecular weight excluding hydrogens is 342 g/mol. The first kappa shape index (κ1) is 19.3. The predicted molar refractivity (Wildman–Crippen MR) is 96.0 cm³/mol. The van der Waals surface area contributed by atoms with Gasteiger partial charge >= 0.3 is 0 Å². The first-order valence-corrected chi connectivity index (χ1v) is 9.39. The summed E-state index contributed by atoms with van der Waals surface area (Å²) in [6.45, 7) is 4.58. The van der Waals surface area contributed by atoms with Gasteiger partial charge in [0.1, 0.15) is 11.6 Å². The lowest BCUT2D eigenvalue weighted by molar-refractivity contribution is -0.0979. The molecule has 0 amide bonds. The van der Waals surface area contributed by atoms with E-state index in [9.17, 15) is 9.32 Å². The third-order valence-electron chi connectivity index (χ3n) is 3.56. The number of aliphatic hydroxyl groups is 1. The van der Waals surface area contributed by atoms with Crippen molar-refractivity contribution in [3.05, 3.63) is 41.1 Å². The van der Waals surface area contributed by atoms with Crippen molar-refractivity contribution in [2.75, 3.05) is 25.3 Å². The fourth-order valence-corrected chi connectivity index (χ4v) is 2.74. The molecule has 2 N–H and O–H groups in total. The molecule has 8 heteroatoms. The smallest absolute Gasteiger partial charge is 0.220 e. The predicted octanol–water partition coefficient (Wildman–Crippen LogP) is 2.17. The zero-order chi connectivity index (χ0) is 18.4. The molecule has 0 saturated heterocycles. The molecule has 0 aliphatic rings. The number of ether oxygens (including phenoxy) is 2. The van der Waals surface area contributed by atoms with E-state index in [0.717, 1.165) is 16.9 Å². The van der Waals surface area contributed by atoms with Gasteiger partial charge in [-0.15, -0.1) is 0 Å². The summed E-state index contributed by atoms with van der Waals surface area (Å²) in [5.41, 5.74) is 2.45. The Morgan fingerprint density at radius 3 is 2.76 bits per heavy atom. The van der Waals surface area contributed by atoms with Gasteiger partial charge in [-0.25, -0.2) is 9.97 Å². The number of hydrogen-bond donors (Lipinski definition) is 2. The Morgan fingerprint density at radius 2 is 2.16 bits per heavy atom. The summed E-state index contributed by atoms with van der Waals surface area (Å²) in [6.07, 6.45) is 1.79. The second-order valence-electron chi connectivity index (χ2n) is 5.38. The number of nitrogens with one attached hydrogen (secondary N) is 1. The van der Waals surface area contributed by atoms with Gasteiger partial charge < -0.3 is 19.9 Å². The summed E-state index contributed by atoms with van der Waals surface area (Å²) < 4.78 is 22.1. The Kier molecular flexibility index (Phi) is 6.86. The third kappa shape index (κ3) is 4.97. The van der Waals surface area contributed by atoms with Gasteiger partial charge in [-0.05, 0) is 31.0 Å². The van der Waals surface area contributed by atoms with E-state index in [0.29, 0.717) is 24.5 Å². The highest BCUT2D eigenvalue weighted by molar-refractivity contribution is 7.84. The molecule has 0 saturated carbocycles. The number of nitrogens with zero attached hydrogens (tertiary/aromatic N) is 2. The Bertz CT molecular complexity index is 755. The molecule has 136 valence electrons. The van der Waals surface area contributed by atoms with Crippen molar-refractivity contribution in [1.82, 2.24) is 9.97 Å². The van der Waals surface area contributed by atoms with Gasteiger partial charge in [0.05, 0.1) is 23.5 Å². The fraction of sp³-hybridized carbons (Fsp3) is 0.412. The lowest BCUT2D eigenvalue weighted by Gasteiger charge is -2.16. The number of aryl methyl sites for hydroxylation is 1. The number of aromatic nitrogens is 2. The molecule has 0 bridgehead atoms. The molecule has 1 aromatic carbocycles. The first-order valence-electron chi connectivity index (χ1n) is 7.83. The number of aliphatic hydroxyl groups excluding tert-OH is 1. The largest absolute Gasteiger partial charge is 0.496 e. The summed E-state index contributed by atoms with van der Waals surface area (Å²) in [4.78, 5) is 8.29. The standard InChI is InChI=1S/C17H23N3O4S/c1-5-24-16(21)13-10-19-17(25(4)22)20-15(13)18-9-12-6-7-14(23-3)11(2)8-12/h6-8,10,16,21H,5,9H2,1-4H3,(H,18,19,20). The number of hydrogen-bond acceptors (Lipinski definition) is 7. The maximum absolute atomic E-state index is 11.6. The Balaban J connectivity index is 2.25. The van der Waals surface area contributed by atoms with E-state index in [2.05, 4.69) is 15.3 Å². The van der Waals surface area contributed by atoms with E-state index in [-0.39, 0.29) is 5.16 Å². The molecule has 2 aromatic rings. The minimum absolute atomic E-state index is 0.195. The minimum atomic E-state index is -1.32. The van der Waals surface area contributed by atoms with Crippen molar-refractivity contribution in [2.45, 2.75) is 31.8 Å². The number of benzene rings is 1. The van der Waals surface area contributed by atoms with Crippen molar-refractivity contribution < 1.29 is 18.8 Å². The van der Waals surface area contributed by atoms with Crippen molar-refractivity contribution in [2.24, 2.45) is 0 Å². The van der Waals surface area contributed by atoms with Crippen LogP contribution in [0.2, 0.25) is 0 Å². The third-order valence-corrected chi connectivity index (χ3v) is 4.27. The number of rotatable bonds is 8. The van der Waals surface area contributed by atoms with Gasteiger partial charge in [0.2, 0.25) is 5.16 Å². The van der Waals surface area contributed by atoms with Crippen LogP contribution in [0.25, 0.3) is 0 Å². The van der Waals surface area contributed by atoms with Crippen LogP contribution in [0.3, 0.4) is 0 Å². The second kappa shape index (κ2) is 8.89. The van der Waals surface area contributed by atoms with Crippen LogP contribution in [-0.4, -0.2) is 39.3 Å². The maximum atomic E-state index is 11.6. The number of methoxy groups -OCH3 is 1. The van der Waals surface area contributed by atoms with E-state index in [1.807, 2.05) is 25.1 Å². The molecule has 0 radical (unpaired) electrons. The molecule has 0 fully saturated rings. The Labute approximate surface area is 149 Å². The van der Waals surface area contributed by atoms with Crippen molar-refractivity contribution in [3.8, 4) is 5.75 Å². The highest BCUT2D eigenvalue weighted by atomic mass is 32.2. The van der Waals surface area contributed by atoms with Crippen LogP contribution in [-0.2, 0) is 22.1 Å². The minimum Gasteiger partial charge on any atom is -0.496 e. The van der Waals surface area contributed by atoms with E-state index in [1.165, 1.54) is 12.5 Å². The van der Waals surface area contributed by atoms with Crippen LogP contribution in [0, 0.1) is 6.92 Å². The normalized spacial score (nSPS) is 13.3. The average Bonchev–Trinajstić information content (AvgIpc) is 2.60. The molecule has 7 nitrogen and oxygen atoms in total. The molecule has 1 aromatic heterocycles. The second-order valence-corrected chi connectivity index (χ2v) is 6.65. The Morgan fingerprint density at radius 1 is 1.40 bits per heavy atom. The topological polar surface area (TPSA) is 93.6 Å². The summed E-state index contributed by atoms with van der Waals surface area (Å²) in [6, 6.07) is 5.84. The quantitative estimate of drug-likeness (QED) is 0.547. The molecule has 25 heavy (non-hydrogen) atoms. The number of anilines is 1. The Hall–Kier alpha value is -2.03. The molecule has 2 rings (SSSR count). The van der Waals surface area contributed by atoms with Gasteiger partial charge in [0, 0.05) is 25.6 Å². The molecule has 2 atom stereocenters. The molecule has 2 unspecified atom stereocenters. The molecular formula is C17H23N3O4S. The van der Waals surface area contributed by atoms with Crippen molar-refractivity contribution in [3.63, 3.8) is 0 Å². The van der Waals surface area contributed by atoms with Crippen LogP contribution < -0.4 is 10.1 Å². The molecule has 0 aliphatic heterocycles. The van der Waals surface area contributed by atoms with E-state index in [1.54, 1.807) is 14.0 Å². The SMILES string of the molecule is CCOC(O)c1cnc(S(C)=O)nc1NCc1ccc(OC)c(C)c1. The summed E-state index contributed by atoms with van der Waals surface area (Å²) in [5.74, 6) is 1.22. The van der Waals surface area contributed by atoms with Crippen LogP contribution >= 0.6 is 0 Å². The van der Waals surface area contributed by atoms with Gasteiger partial charge in [-0.3, -0.25) is 4.21 Å². The van der Waals surface area contributed by atoms with Gasteiger partial charge in [-0.1, -0.05) is 12.1 Å². The van der Waals surface area contributed by atoms with Gasteiger partial charge in [-0.2, -0.15) is 0 Å². The van der Waals surface area contributed by atoms with E-state index < -0.39 is 17.1 Å². The maximum Gasteiger partial charge on any atom is 0.220 e. The van der Waals surface area contributed by atoms with Gasteiger partial charge in [0.25, 0.3) is 0 Å². The molecule has 1 heterocycles. The zero-order valence-electron chi connectivity index (χ0n) is 14.8. The lowest BCUT2D eigenvalue weighted by atomic mass is 10.1. The lowest BCUT2D eigenvalue weighted by Crippen LogP contribution is -2.13. The van der Waals surface area contributed by atoms with Crippen LogP contribution in [0.4, 0.5) is 5.82 Å². The van der Waals surface area contributed by atoms with Crippen LogP contribution in [0.1, 0.15) is 29.9 Å². The van der Waals surface area contributed by atoms with Crippen molar-refractivity contribution >= 4 is 16.6 Å². The van der Waals surface area contributed by atoms with E-state index >= 15 is 0 Å². The van der Waals surface area contributed by atoms with Crippen LogP contribution in [0.5, 0.6) is 5.75 Å². The van der Waals surface area contributed by atoms with Gasteiger partial charge in [0.15, 0.2) is 6.29 Å². The average molecular weight is 365 g/mol. The monoisotopic (exact) mass is 365 g/mol. The highest BCUT2D eigenvalue weighted by Crippen LogP contribution is 2.24. The fourth-order valence-electron chi connectivity index (χ4n) is 2.32. The van der Waals surface area contributed by atoms with Crippen LogP contribution in [0.15, 0.2) is 29.6 Å². The summed E-state index contributed by atoms with van der Waals surface area (Å²) in [5, 5.41) is 13.5. The highest BCUT2D eigenvalue weighted by Gasteiger charge is 2.17. The van der Waals surface area contributed by atoms with Crippen molar-refractivity contribution in [1.29, 1.82) is 0 Å². The summed E-state index contributed by atoms with van der Waals surface area (Å²) >= 11 is 0. The molecule has 0 aliphatic carbocycles. The zero-order valence-corrected chi connectivity index (χ0v) is 15.6. The van der Waals surface area contributed by atoms with E-state index in [4.69, 9.17) is 9.47 Å².